The normalized spacial score (nSPS) is 11.0. The lowest BCUT2D eigenvalue weighted by atomic mass is 10.0. The van der Waals surface area contributed by atoms with Crippen molar-refractivity contribution in [1.29, 1.82) is 0 Å². The standard InChI is InChI=1S/C28H24BrN5OS/c1-34-12-10-24-26(34)28(31-22-7-4-11-30-17-22)33-27(32-24)19-6-3-5-18(13-19)14-23(36)16-20-15-21(29)8-9-25(20)35-2/h3-13,15,17H,14,16H2,1-2H3,(H,31,32,33). The van der Waals surface area contributed by atoms with E-state index in [-0.39, 0.29) is 0 Å². The first-order valence-electron chi connectivity index (χ1n) is 11.4. The number of rotatable bonds is 8. The van der Waals surface area contributed by atoms with Gasteiger partial charge in [-0.2, -0.15) is 0 Å². The second kappa shape index (κ2) is 10.6. The molecule has 0 aliphatic rings. The van der Waals surface area contributed by atoms with Crippen molar-refractivity contribution < 1.29 is 4.74 Å². The van der Waals surface area contributed by atoms with Gasteiger partial charge in [0, 0.05) is 52.7 Å². The number of aromatic nitrogens is 4. The highest BCUT2D eigenvalue weighted by Crippen LogP contribution is 2.29. The van der Waals surface area contributed by atoms with Crippen LogP contribution in [0, 0.1) is 0 Å². The average molecular weight is 559 g/mol. The Labute approximate surface area is 223 Å². The smallest absolute Gasteiger partial charge is 0.162 e. The predicted molar refractivity (Wildman–Crippen MR) is 152 cm³/mol. The Hall–Kier alpha value is -3.62. The molecule has 0 saturated heterocycles. The fourth-order valence-corrected chi connectivity index (χ4v) is 4.92. The van der Waals surface area contributed by atoms with Gasteiger partial charge in [0.15, 0.2) is 11.6 Å². The summed E-state index contributed by atoms with van der Waals surface area (Å²) in [7, 11) is 3.67. The predicted octanol–water partition coefficient (Wildman–Crippen LogP) is 6.70. The van der Waals surface area contributed by atoms with Gasteiger partial charge in [0.05, 0.1) is 24.5 Å². The molecule has 5 rings (SSSR count). The largest absolute Gasteiger partial charge is 0.496 e. The number of aryl methyl sites for hydroxylation is 1. The molecule has 0 radical (unpaired) electrons. The van der Waals surface area contributed by atoms with E-state index in [9.17, 15) is 0 Å². The number of anilines is 2. The van der Waals surface area contributed by atoms with Crippen molar-refractivity contribution in [3.8, 4) is 17.1 Å². The summed E-state index contributed by atoms with van der Waals surface area (Å²) >= 11 is 9.31. The zero-order chi connectivity index (χ0) is 25.1. The molecule has 0 aliphatic carbocycles. The highest BCUT2D eigenvalue weighted by Gasteiger charge is 2.14. The van der Waals surface area contributed by atoms with E-state index in [4.69, 9.17) is 26.9 Å². The van der Waals surface area contributed by atoms with Crippen molar-refractivity contribution in [3.63, 3.8) is 0 Å². The first-order valence-corrected chi connectivity index (χ1v) is 12.6. The highest BCUT2D eigenvalue weighted by molar-refractivity contribution is 9.10. The second-order valence-corrected chi connectivity index (χ2v) is 9.96. The van der Waals surface area contributed by atoms with E-state index in [0.29, 0.717) is 18.7 Å². The maximum absolute atomic E-state index is 5.77. The fourth-order valence-electron chi connectivity index (χ4n) is 4.19. The molecule has 8 heteroatoms. The Morgan fingerprint density at radius 1 is 1.06 bits per heavy atom. The molecule has 5 aromatic rings. The maximum atomic E-state index is 5.77. The van der Waals surface area contributed by atoms with Crippen molar-refractivity contribution in [2.75, 3.05) is 12.4 Å². The van der Waals surface area contributed by atoms with Crippen molar-refractivity contribution >= 4 is 55.6 Å². The molecule has 1 N–H and O–H groups in total. The molecule has 180 valence electrons. The van der Waals surface area contributed by atoms with Gasteiger partial charge in [-0.25, -0.2) is 9.97 Å². The van der Waals surface area contributed by atoms with E-state index in [1.54, 1.807) is 19.5 Å². The molecule has 0 bridgehead atoms. The molecule has 0 fully saturated rings. The van der Waals surface area contributed by atoms with E-state index in [0.717, 1.165) is 54.3 Å². The number of fused-ring (bicyclic) bond motifs is 1. The molecule has 36 heavy (non-hydrogen) atoms. The number of halogens is 1. The fraction of sp³-hybridized carbons (Fsp3) is 0.143. The summed E-state index contributed by atoms with van der Waals surface area (Å²) in [6.07, 6.45) is 6.85. The molecule has 3 heterocycles. The van der Waals surface area contributed by atoms with Crippen LogP contribution in [0.5, 0.6) is 5.75 Å². The van der Waals surface area contributed by atoms with Crippen molar-refractivity contribution in [2.45, 2.75) is 12.8 Å². The molecule has 0 saturated carbocycles. The summed E-state index contributed by atoms with van der Waals surface area (Å²) in [5.74, 6) is 2.23. The summed E-state index contributed by atoms with van der Waals surface area (Å²) in [6.45, 7) is 0. The van der Waals surface area contributed by atoms with E-state index < -0.39 is 0 Å². The Balaban J connectivity index is 1.43. The first kappa shape index (κ1) is 24.1. The van der Waals surface area contributed by atoms with Crippen molar-refractivity contribution in [1.82, 2.24) is 19.5 Å². The average Bonchev–Trinajstić information content (AvgIpc) is 3.26. The van der Waals surface area contributed by atoms with Gasteiger partial charge in [-0.05, 0) is 48.0 Å². The Morgan fingerprint density at radius 2 is 1.94 bits per heavy atom. The summed E-state index contributed by atoms with van der Waals surface area (Å²) in [5.41, 5.74) is 5.79. The third kappa shape index (κ3) is 5.29. The van der Waals surface area contributed by atoms with E-state index >= 15 is 0 Å². The molecular formula is C28H24BrN5OS. The number of hydrogen-bond acceptors (Lipinski definition) is 6. The van der Waals surface area contributed by atoms with Gasteiger partial charge >= 0.3 is 0 Å². The number of thiocarbonyl (C=S) groups is 1. The zero-order valence-corrected chi connectivity index (χ0v) is 22.3. The quantitative estimate of drug-likeness (QED) is 0.214. The number of nitrogens with zero attached hydrogens (tertiary/aromatic N) is 4. The molecule has 0 amide bonds. The summed E-state index contributed by atoms with van der Waals surface area (Å²) in [6, 6.07) is 20.1. The highest BCUT2D eigenvalue weighted by atomic mass is 79.9. The maximum Gasteiger partial charge on any atom is 0.162 e. The minimum atomic E-state index is 0.654. The van der Waals surface area contributed by atoms with Crippen LogP contribution in [0.15, 0.2) is 83.7 Å². The lowest BCUT2D eigenvalue weighted by Gasteiger charge is -2.12. The molecule has 0 unspecified atom stereocenters. The van der Waals surface area contributed by atoms with Gasteiger partial charge in [0.1, 0.15) is 11.3 Å². The lowest BCUT2D eigenvalue weighted by molar-refractivity contribution is 0.411. The van der Waals surface area contributed by atoms with Crippen LogP contribution in [0.4, 0.5) is 11.5 Å². The number of nitrogens with one attached hydrogen (secondary N) is 1. The first-order chi connectivity index (χ1) is 17.5. The molecule has 6 nitrogen and oxygen atoms in total. The second-order valence-electron chi connectivity index (χ2n) is 8.47. The Bertz CT molecular complexity index is 1550. The van der Waals surface area contributed by atoms with Crippen LogP contribution in [0.3, 0.4) is 0 Å². The van der Waals surface area contributed by atoms with Crippen LogP contribution in [-0.4, -0.2) is 31.5 Å². The third-order valence-corrected chi connectivity index (χ3v) is 6.64. The Kier molecular flexibility index (Phi) is 7.06. The lowest BCUT2D eigenvalue weighted by Crippen LogP contribution is -2.06. The molecule has 0 spiro atoms. The van der Waals surface area contributed by atoms with Gasteiger partial charge in [-0.15, -0.1) is 0 Å². The molecule has 0 atom stereocenters. The van der Waals surface area contributed by atoms with E-state index in [1.807, 2.05) is 60.3 Å². The van der Waals surface area contributed by atoms with Gasteiger partial charge < -0.3 is 14.6 Å². The number of ether oxygens (including phenoxy) is 1. The van der Waals surface area contributed by atoms with Crippen LogP contribution in [0.1, 0.15) is 11.1 Å². The summed E-state index contributed by atoms with van der Waals surface area (Å²) < 4.78 is 8.53. The topological polar surface area (TPSA) is 64.9 Å². The molecular weight excluding hydrogens is 534 g/mol. The van der Waals surface area contributed by atoms with Crippen LogP contribution >= 0.6 is 28.1 Å². The van der Waals surface area contributed by atoms with Crippen LogP contribution in [0.25, 0.3) is 22.4 Å². The number of pyridine rings is 1. The number of methoxy groups -OCH3 is 1. The minimum absolute atomic E-state index is 0.654. The third-order valence-electron chi connectivity index (χ3n) is 5.86. The number of hydrogen-bond donors (Lipinski definition) is 1. The van der Waals surface area contributed by atoms with Gasteiger partial charge in [0.2, 0.25) is 0 Å². The zero-order valence-electron chi connectivity index (χ0n) is 19.9. The van der Waals surface area contributed by atoms with E-state index in [1.165, 1.54) is 0 Å². The van der Waals surface area contributed by atoms with Crippen molar-refractivity contribution in [3.05, 3.63) is 94.9 Å². The van der Waals surface area contributed by atoms with Crippen LogP contribution in [0.2, 0.25) is 0 Å². The molecule has 0 aliphatic heterocycles. The minimum Gasteiger partial charge on any atom is -0.496 e. The summed E-state index contributed by atoms with van der Waals surface area (Å²) in [5, 5.41) is 3.40. The van der Waals surface area contributed by atoms with E-state index in [2.05, 4.69) is 44.4 Å². The monoisotopic (exact) mass is 557 g/mol. The van der Waals surface area contributed by atoms with Crippen molar-refractivity contribution in [2.24, 2.45) is 7.05 Å². The Morgan fingerprint density at radius 3 is 2.75 bits per heavy atom. The SMILES string of the molecule is COc1ccc(Br)cc1CC(=S)Cc1cccc(-c2nc(Nc3cccnc3)c3c(ccn3C)n2)c1. The van der Waals surface area contributed by atoms with Crippen LogP contribution in [-0.2, 0) is 19.9 Å². The van der Waals surface area contributed by atoms with Gasteiger partial charge in [-0.1, -0.05) is 46.3 Å². The van der Waals surface area contributed by atoms with Crippen LogP contribution < -0.4 is 10.1 Å². The molecule has 2 aromatic carbocycles. The number of benzene rings is 2. The van der Waals surface area contributed by atoms with Gasteiger partial charge in [0.25, 0.3) is 0 Å². The summed E-state index contributed by atoms with van der Waals surface area (Å²) in [4.78, 5) is 14.9. The molecule has 3 aromatic heterocycles. The van der Waals surface area contributed by atoms with Gasteiger partial charge in [-0.3, -0.25) is 4.98 Å².